The zero-order chi connectivity index (χ0) is 18.1. The Morgan fingerprint density at radius 1 is 0.962 bits per heavy atom. The summed E-state index contributed by atoms with van der Waals surface area (Å²) in [5.41, 5.74) is 0.262. The third kappa shape index (κ3) is 3.01. The zero-order valence-electron chi connectivity index (χ0n) is 15.3. The van der Waals surface area contributed by atoms with Crippen molar-refractivity contribution in [2.75, 3.05) is 26.2 Å². The Labute approximate surface area is 154 Å². The van der Waals surface area contributed by atoms with E-state index in [9.17, 15) is 14.0 Å². The summed E-state index contributed by atoms with van der Waals surface area (Å²) in [5, 5.41) is 0. The van der Waals surface area contributed by atoms with Gasteiger partial charge in [-0.15, -0.1) is 0 Å². The number of nitrogens with zero attached hydrogens (tertiary/aromatic N) is 2. The van der Waals surface area contributed by atoms with Crippen molar-refractivity contribution in [2.45, 2.75) is 50.4 Å². The summed E-state index contributed by atoms with van der Waals surface area (Å²) in [7, 11) is 0. The number of carbonyl (C=O) groups is 2. The lowest BCUT2D eigenvalue weighted by atomic mass is 9.63. The standard InChI is InChI=1S/C21H27FN2O2/c22-18-6-3-5-17(15-18)21(9-4-10-21)20(26)24-13-7-16(8-14-24)19(25)23-11-1-2-12-23/h3,5-6,15-16H,1-2,4,7-14H2. The van der Waals surface area contributed by atoms with Crippen molar-refractivity contribution >= 4 is 11.8 Å². The summed E-state index contributed by atoms with van der Waals surface area (Å²) in [6.45, 7) is 3.06. The maximum Gasteiger partial charge on any atom is 0.233 e. The molecule has 140 valence electrons. The molecule has 0 atom stereocenters. The highest BCUT2D eigenvalue weighted by Gasteiger charge is 2.48. The van der Waals surface area contributed by atoms with Crippen molar-refractivity contribution in [3.05, 3.63) is 35.6 Å². The molecular formula is C21H27FN2O2. The number of piperidine rings is 1. The number of benzene rings is 1. The first-order valence-electron chi connectivity index (χ1n) is 9.94. The minimum atomic E-state index is -0.548. The Hall–Kier alpha value is -1.91. The molecule has 1 aromatic rings. The van der Waals surface area contributed by atoms with Crippen molar-refractivity contribution in [1.82, 2.24) is 9.80 Å². The average Bonchev–Trinajstić information content (AvgIpc) is 3.15. The number of rotatable bonds is 3. The third-order valence-corrected chi connectivity index (χ3v) is 6.54. The van der Waals surface area contributed by atoms with Gasteiger partial charge in [-0.1, -0.05) is 18.6 Å². The van der Waals surface area contributed by atoms with Gasteiger partial charge >= 0.3 is 0 Å². The van der Waals surface area contributed by atoms with Gasteiger partial charge in [-0.3, -0.25) is 9.59 Å². The molecule has 4 rings (SSSR count). The van der Waals surface area contributed by atoms with Crippen molar-refractivity contribution in [3.63, 3.8) is 0 Å². The second-order valence-electron chi connectivity index (χ2n) is 8.04. The second-order valence-corrected chi connectivity index (χ2v) is 8.04. The molecule has 0 N–H and O–H groups in total. The molecule has 1 saturated carbocycles. The van der Waals surface area contributed by atoms with Crippen LogP contribution in [0.1, 0.15) is 50.5 Å². The summed E-state index contributed by atoms with van der Waals surface area (Å²) < 4.78 is 13.7. The molecule has 2 heterocycles. The monoisotopic (exact) mass is 358 g/mol. The molecule has 3 aliphatic rings. The Balaban J connectivity index is 1.42. The van der Waals surface area contributed by atoms with Crippen LogP contribution in [0.4, 0.5) is 4.39 Å². The fourth-order valence-corrected chi connectivity index (χ4v) is 4.77. The van der Waals surface area contributed by atoms with Crippen molar-refractivity contribution in [2.24, 2.45) is 5.92 Å². The van der Waals surface area contributed by atoms with Crippen LogP contribution in [0.2, 0.25) is 0 Å². The molecule has 0 aromatic heterocycles. The van der Waals surface area contributed by atoms with Crippen LogP contribution in [0.3, 0.4) is 0 Å². The van der Waals surface area contributed by atoms with Crippen LogP contribution in [0.15, 0.2) is 24.3 Å². The SMILES string of the molecule is O=C(C1CCN(C(=O)C2(c3cccc(F)c3)CCC2)CC1)N1CCCC1. The lowest BCUT2D eigenvalue weighted by Crippen LogP contribution is -2.54. The van der Waals surface area contributed by atoms with Crippen LogP contribution in [0.25, 0.3) is 0 Å². The van der Waals surface area contributed by atoms with Crippen molar-refractivity contribution < 1.29 is 14.0 Å². The van der Waals surface area contributed by atoms with Gasteiger partial charge in [-0.2, -0.15) is 0 Å². The van der Waals surface area contributed by atoms with Crippen LogP contribution in [0.5, 0.6) is 0 Å². The highest BCUT2D eigenvalue weighted by molar-refractivity contribution is 5.89. The van der Waals surface area contributed by atoms with E-state index in [1.54, 1.807) is 6.07 Å². The number of halogens is 1. The van der Waals surface area contributed by atoms with E-state index in [2.05, 4.69) is 0 Å². The molecule has 3 fully saturated rings. The quantitative estimate of drug-likeness (QED) is 0.833. The van der Waals surface area contributed by atoms with Gasteiger partial charge in [0.1, 0.15) is 5.82 Å². The van der Waals surface area contributed by atoms with Crippen LogP contribution in [-0.2, 0) is 15.0 Å². The minimum Gasteiger partial charge on any atom is -0.342 e. The van der Waals surface area contributed by atoms with E-state index < -0.39 is 5.41 Å². The molecule has 1 aliphatic carbocycles. The molecule has 2 amide bonds. The molecule has 0 radical (unpaired) electrons. The first-order chi connectivity index (χ1) is 12.6. The highest BCUT2D eigenvalue weighted by atomic mass is 19.1. The second kappa shape index (κ2) is 7.01. The molecule has 1 aromatic carbocycles. The van der Waals surface area contributed by atoms with Gasteiger partial charge in [0.25, 0.3) is 0 Å². The van der Waals surface area contributed by atoms with Gasteiger partial charge in [-0.25, -0.2) is 4.39 Å². The van der Waals surface area contributed by atoms with Crippen molar-refractivity contribution in [1.29, 1.82) is 0 Å². The number of carbonyl (C=O) groups excluding carboxylic acids is 2. The van der Waals surface area contributed by atoms with Gasteiger partial charge in [-0.05, 0) is 56.2 Å². The van der Waals surface area contributed by atoms with Crippen LogP contribution in [-0.4, -0.2) is 47.8 Å². The van der Waals surface area contributed by atoms with Crippen LogP contribution < -0.4 is 0 Å². The molecule has 0 spiro atoms. The summed E-state index contributed by atoms with van der Waals surface area (Å²) >= 11 is 0. The maximum absolute atomic E-state index is 13.7. The summed E-state index contributed by atoms with van der Waals surface area (Å²) in [6.07, 6.45) is 6.31. The highest BCUT2D eigenvalue weighted by Crippen LogP contribution is 2.45. The predicted molar refractivity (Wildman–Crippen MR) is 97.0 cm³/mol. The molecule has 0 bridgehead atoms. The smallest absolute Gasteiger partial charge is 0.233 e. The fraction of sp³-hybridized carbons (Fsp3) is 0.619. The summed E-state index contributed by atoms with van der Waals surface area (Å²) in [4.78, 5) is 29.7. The first kappa shape index (κ1) is 17.5. The Morgan fingerprint density at radius 2 is 1.65 bits per heavy atom. The summed E-state index contributed by atoms with van der Waals surface area (Å²) in [6, 6.07) is 6.51. The number of likely N-dealkylation sites (tertiary alicyclic amines) is 2. The molecular weight excluding hydrogens is 331 g/mol. The maximum atomic E-state index is 13.7. The van der Waals surface area contributed by atoms with Gasteiger partial charge in [0.15, 0.2) is 0 Å². The fourth-order valence-electron chi connectivity index (χ4n) is 4.77. The van der Waals surface area contributed by atoms with Crippen molar-refractivity contribution in [3.8, 4) is 0 Å². The Kier molecular flexibility index (Phi) is 4.72. The topological polar surface area (TPSA) is 40.6 Å². The molecule has 4 nitrogen and oxygen atoms in total. The molecule has 2 aliphatic heterocycles. The molecule has 26 heavy (non-hydrogen) atoms. The molecule has 0 unspecified atom stereocenters. The molecule has 2 saturated heterocycles. The van der Waals surface area contributed by atoms with E-state index in [0.717, 1.165) is 63.6 Å². The number of amides is 2. The van der Waals surface area contributed by atoms with E-state index >= 15 is 0 Å². The first-order valence-corrected chi connectivity index (χ1v) is 9.94. The minimum absolute atomic E-state index is 0.0589. The average molecular weight is 358 g/mol. The zero-order valence-corrected chi connectivity index (χ0v) is 15.3. The van der Waals surface area contributed by atoms with E-state index in [4.69, 9.17) is 0 Å². The van der Waals surface area contributed by atoms with Crippen LogP contribution in [0, 0.1) is 11.7 Å². The Bertz CT molecular complexity index is 687. The third-order valence-electron chi connectivity index (χ3n) is 6.54. The van der Waals surface area contributed by atoms with Gasteiger partial charge in [0, 0.05) is 32.1 Å². The van der Waals surface area contributed by atoms with E-state index in [0.29, 0.717) is 13.1 Å². The summed E-state index contributed by atoms with van der Waals surface area (Å²) in [5.74, 6) is 0.180. The van der Waals surface area contributed by atoms with E-state index in [-0.39, 0.29) is 23.5 Å². The van der Waals surface area contributed by atoms with Gasteiger partial charge < -0.3 is 9.80 Å². The lowest BCUT2D eigenvalue weighted by Gasteiger charge is -2.45. The number of hydrogen-bond donors (Lipinski definition) is 0. The largest absolute Gasteiger partial charge is 0.342 e. The Morgan fingerprint density at radius 3 is 2.23 bits per heavy atom. The van der Waals surface area contributed by atoms with E-state index in [1.165, 1.54) is 12.1 Å². The lowest BCUT2D eigenvalue weighted by molar-refractivity contribution is -0.145. The van der Waals surface area contributed by atoms with Gasteiger partial charge in [0.05, 0.1) is 5.41 Å². The molecule has 5 heteroatoms. The van der Waals surface area contributed by atoms with Crippen LogP contribution >= 0.6 is 0 Å². The van der Waals surface area contributed by atoms with Gasteiger partial charge in [0.2, 0.25) is 11.8 Å². The van der Waals surface area contributed by atoms with E-state index in [1.807, 2.05) is 15.9 Å². The normalized spacial score (nSPS) is 23.0. The number of hydrogen-bond acceptors (Lipinski definition) is 2. The predicted octanol–water partition coefficient (Wildman–Crippen LogP) is 3.11.